The van der Waals surface area contributed by atoms with E-state index in [1.807, 2.05) is 56.0 Å². The molecule has 0 amide bonds. The second-order valence-electron chi connectivity index (χ2n) is 5.29. The van der Waals surface area contributed by atoms with E-state index < -0.39 is 5.72 Å². The smallest absolute Gasteiger partial charge is 0.157 e. The maximum Gasteiger partial charge on any atom is 0.157 e. The van der Waals surface area contributed by atoms with E-state index in [2.05, 4.69) is 0 Å². The molecule has 1 saturated heterocycles. The van der Waals surface area contributed by atoms with Gasteiger partial charge in [0.25, 0.3) is 0 Å². The van der Waals surface area contributed by atoms with Gasteiger partial charge in [-0.15, -0.1) is 0 Å². The summed E-state index contributed by atoms with van der Waals surface area (Å²) in [6, 6.07) is 9.85. The predicted octanol–water partition coefficient (Wildman–Crippen LogP) is 3.26. The number of para-hydroxylation sites is 1. The minimum atomic E-state index is -0.921. The molecule has 4 heteroatoms. The van der Waals surface area contributed by atoms with Gasteiger partial charge in [0.2, 0.25) is 0 Å². The number of hydrogen-bond acceptors (Lipinski definition) is 3. The molecule has 1 aliphatic rings. The molecule has 0 radical (unpaired) electrons. The molecular weight excluding hydrogens is 250 g/mol. The van der Waals surface area contributed by atoms with Crippen LogP contribution in [0.25, 0.3) is 0 Å². The van der Waals surface area contributed by atoms with Crippen molar-refractivity contribution in [3.8, 4) is 0 Å². The highest BCUT2D eigenvalue weighted by atomic mass is 32.2. The highest BCUT2D eigenvalue weighted by Gasteiger charge is 2.51. The molecule has 0 saturated carbocycles. The molecule has 0 aliphatic carbocycles. The van der Waals surface area contributed by atoms with Gasteiger partial charge in [-0.05, 0) is 12.1 Å². The minimum Gasteiger partial charge on any atom is -0.369 e. The highest BCUT2D eigenvalue weighted by molar-refractivity contribution is 8.23. The first-order valence-electron chi connectivity index (χ1n) is 5.61. The molecule has 92 valence electrons. The molecule has 1 N–H and O–H groups in total. The van der Waals surface area contributed by atoms with Crippen LogP contribution in [-0.4, -0.2) is 20.9 Å². The molecule has 1 aromatic carbocycles. The molecule has 0 aromatic heterocycles. The Morgan fingerprint density at radius 3 is 2.41 bits per heavy atom. The van der Waals surface area contributed by atoms with Crippen LogP contribution < -0.4 is 4.90 Å². The third-order valence-corrected chi connectivity index (χ3v) is 4.68. The molecule has 1 atom stereocenters. The summed E-state index contributed by atoms with van der Waals surface area (Å²) in [7, 11) is 0. The molecule has 17 heavy (non-hydrogen) atoms. The lowest BCUT2D eigenvalue weighted by Gasteiger charge is -2.43. The Labute approximate surface area is 112 Å². The van der Waals surface area contributed by atoms with Crippen molar-refractivity contribution < 1.29 is 5.11 Å². The number of hydrogen-bond donors (Lipinski definition) is 1. The standard InChI is InChI=1S/C13H17NOS2/c1-12(2,3)13(15)9-17-11(16)14(13)10-7-5-4-6-8-10/h4-8,15H,9H2,1-3H3. The van der Waals surface area contributed by atoms with E-state index >= 15 is 0 Å². The van der Waals surface area contributed by atoms with E-state index in [0.29, 0.717) is 5.75 Å². The van der Waals surface area contributed by atoms with E-state index in [1.54, 1.807) is 11.8 Å². The van der Waals surface area contributed by atoms with Crippen LogP contribution >= 0.6 is 24.0 Å². The summed E-state index contributed by atoms with van der Waals surface area (Å²) in [6.45, 7) is 6.12. The first-order valence-corrected chi connectivity index (χ1v) is 7.00. The molecular formula is C13H17NOS2. The SMILES string of the molecule is CC(C)(C)C1(O)CSC(=S)N1c1ccccc1. The van der Waals surface area contributed by atoms with Crippen LogP contribution in [0.3, 0.4) is 0 Å². The number of benzene rings is 1. The summed E-state index contributed by atoms with van der Waals surface area (Å²) >= 11 is 6.91. The zero-order valence-electron chi connectivity index (χ0n) is 10.3. The largest absolute Gasteiger partial charge is 0.369 e. The van der Waals surface area contributed by atoms with Gasteiger partial charge in [-0.3, -0.25) is 4.90 Å². The zero-order valence-corrected chi connectivity index (χ0v) is 11.9. The summed E-state index contributed by atoms with van der Waals surface area (Å²) in [6.07, 6.45) is 0. The van der Waals surface area contributed by atoms with Gasteiger partial charge in [0.05, 0.1) is 0 Å². The normalized spacial score (nSPS) is 25.4. The second-order valence-corrected chi connectivity index (χ2v) is 6.90. The lowest BCUT2D eigenvalue weighted by molar-refractivity contribution is -0.0243. The maximum absolute atomic E-state index is 10.9. The lowest BCUT2D eigenvalue weighted by Crippen LogP contribution is -2.56. The van der Waals surface area contributed by atoms with Crippen LogP contribution in [0.5, 0.6) is 0 Å². The highest BCUT2D eigenvalue weighted by Crippen LogP contribution is 2.45. The van der Waals surface area contributed by atoms with Gasteiger partial charge in [-0.2, -0.15) is 0 Å². The molecule has 0 bridgehead atoms. The van der Waals surface area contributed by atoms with E-state index in [4.69, 9.17) is 12.2 Å². The van der Waals surface area contributed by atoms with Crippen molar-refractivity contribution in [3.05, 3.63) is 30.3 Å². The Balaban J connectivity index is 2.46. The molecule has 1 aliphatic heterocycles. The number of anilines is 1. The van der Waals surface area contributed by atoms with Crippen LogP contribution in [0.2, 0.25) is 0 Å². The van der Waals surface area contributed by atoms with Crippen molar-refractivity contribution in [2.75, 3.05) is 10.7 Å². The summed E-state index contributed by atoms with van der Waals surface area (Å²) in [5.41, 5.74) is -0.216. The average Bonchev–Trinajstić information content (AvgIpc) is 2.57. The number of rotatable bonds is 1. The fourth-order valence-corrected chi connectivity index (χ4v) is 3.60. The molecule has 2 nitrogen and oxygen atoms in total. The van der Waals surface area contributed by atoms with Crippen LogP contribution in [0.1, 0.15) is 20.8 Å². The third kappa shape index (κ3) is 2.09. The topological polar surface area (TPSA) is 23.5 Å². The molecule has 1 unspecified atom stereocenters. The second kappa shape index (κ2) is 4.26. The number of thioether (sulfide) groups is 1. The van der Waals surface area contributed by atoms with E-state index in [9.17, 15) is 5.11 Å². The number of aliphatic hydroxyl groups is 1. The van der Waals surface area contributed by atoms with Crippen LogP contribution in [0.4, 0.5) is 5.69 Å². The Morgan fingerprint density at radius 2 is 1.88 bits per heavy atom. The lowest BCUT2D eigenvalue weighted by atomic mass is 9.83. The third-order valence-electron chi connectivity index (χ3n) is 3.16. The molecule has 1 fully saturated rings. The van der Waals surface area contributed by atoms with Crippen molar-refractivity contribution in [3.63, 3.8) is 0 Å². The minimum absolute atomic E-state index is 0.254. The average molecular weight is 267 g/mol. The number of nitrogens with zero attached hydrogens (tertiary/aromatic N) is 1. The van der Waals surface area contributed by atoms with Gasteiger partial charge < -0.3 is 5.11 Å². The summed E-state index contributed by atoms with van der Waals surface area (Å²) in [4.78, 5) is 1.88. The monoisotopic (exact) mass is 267 g/mol. The fourth-order valence-electron chi connectivity index (χ4n) is 1.89. The van der Waals surface area contributed by atoms with Gasteiger partial charge in [0.15, 0.2) is 5.72 Å². The summed E-state index contributed by atoms with van der Waals surface area (Å²) < 4.78 is 0.744. The zero-order chi connectivity index (χ0) is 12.7. The van der Waals surface area contributed by atoms with Crippen LogP contribution in [0.15, 0.2) is 30.3 Å². The van der Waals surface area contributed by atoms with Crippen molar-refractivity contribution in [2.45, 2.75) is 26.5 Å². The Kier molecular flexibility index (Phi) is 3.23. The molecule has 2 rings (SSSR count). The van der Waals surface area contributed by atoms with Gasteiger partial charge in [0.1, 0.15) is 4.32 Å². The van der Waals surface area contributed by atoms with Crippen LogP contribution in [0, 0.1) is 5.41 Å². The Morgan fingerprint density at radius 1 is 1.29 bits per heavy atom. The quantitative estimate of drug-likeness (QED) is 0.789. The van der Waals surface area contributed by atoms with Gasteiger partial charge in [-0.1, -0.05) is 63.0 Å². The fraction of sp³-hybridized carbons (Fsp3) is 0.462. The van der Waals surface area contributed by atoms with Crippen LogP contribution in [-0.2, 0) is 0 Å². The number of thiocarbonyl (C=S) groups is 1. The van der Waals surface area contributed by atoms with E-state index in [1.165, 1.54) is 0 Å². The van der Waals surface area contributed by atoms with Gasteiger partial charge >= 0.3 is 0 Å². The first-order chi connectivity index (χ1) is 7.86. The Hall–Kier alpha value is -0.580. The predicted molar refractivity (Wildman–Crippen MR) is 78.4 cm³/mol. The van der Waals surface area contributed by atoms with E-state index in [-0.39, 0.29) is 5.41 Å². The van der Waals surface area contributed by atoms with Crippen molar-refractivity contribution >= 4 is 34.0 Å². The summed E-state index contributed by atoms with van der Waals surface area (Å²) in [5, 5.41) is 10.9. The molecule has 1 heterocycles. The summed E-state index contributed by atoms with van der Waals surface area (Å²) in [5.74, 6) is 0.615. The van der Waals surface area contributed by atoms with Crippen molar-refractivity contribution in [1.29, 1.82) is 0 Å². The molecule has 1 aromatic rings. The van der Waals surface area contributed by atoms with Crippen molar-refractivity contribution in [1.82, 2.24) is 0 Å². The van der Waals surface area contributed by atoms with E-state index in [0.717, 1.165) is 10.0 Å². The Bertz CT molecular complexity index is 427. The van der Waals surface area contributed by atoms with Gasteiger partial charge in [0, 0.05) is 16.9 Å². The molecule has 0 spiro atoms. The van der Waals surface area contributed by atoms with Crippen molar-refractivity contribution in [2.24, 2.45) is 5.41 Å². The first kappa shape index (κ1) is 12.9. The maximum atomic E-state index is 10.9. The van der Waals surface area contributed by atoms with Gasteiger partial charge in [-0.25, -0.2) is 0 Å².